The van der Waals surface area contributed by atoms with Gasteiger partial charge in [-0.15, -0.1) is 0 Å². The van der Waals surface area contributed by atoms with Gasteiger partial charge in [-0.2, -0.15) is 0 Å². The Hall–Kier alpha value is -0.410. The molecule has 1 saturated heterocycles. The van der Waals surface area contributed by atoms with Crippen LogP contribution in [0, 0.1) is 5.92 Å². The molecule has 12 heavy (non-hydrogen) atoms. The minimum Gasteiger partial charge on any atom is -0.371 e. The first kappa shape index (κ1) is 9.68. The highest BCUT2D eigenvalue weighted by molar-refractivity contribution is 5.56. The SMILES string of the molecule is CCOC(C=O)C1CCCNC1. The summed E-state index contributed by atoms with van der Waals surface area (Å²) in [4.78, 5) is 10.6. The molecule has 1 aliphatic heterocycles. The van der Waals surface area contributed by atoms with E-state index in [4.69, 9.17) is 4.74 Å². The summed E-state index contributed by atoms with van der Waals surface area (Å²) in [6, 6.07) is 0. The summed E-state index contributed by atoms with van der Waals surface area (Å²) in [5.41, 5.74) is 0. The number of hydrogen-bond donors (Lipinski definition) is 1. The molecule has 0 amide bonds. The molecule has 3 heteroatoms. The molecule has 2 unspecified atom stereocenters. The molecule has 0 aliphatic carbocycles. The Morgan fingerprint density at radius 2 is 2.58 bits per heavy atom. The Morgan fingerprint density at radius 3 is 3.08 bits per heavy atom. The molecule has 0 bridgehead atoms. The lowest BCUT2D eigenvalue weighted by Gasteiger charge is -2.26. The molecule has 70 valence electrons. The first-order valence-corrected chi connectivity index (χ1v) is 4.66. The van der Waals surface area contributed by atoms with Gasteiger partial charge in [-0.3, -0.25) is 0 Å². The van der Waals surface area contributed by atoms with E-state index >= 15 is 0 Å². The second kappa shape index (κ2) is 5.27. The largest absolute Gasteiger partial charge is 0.371 e. The van der Waals surface area contributed by atoms with E-state index in [0.29, 0.717) is 12.5 Å². The van der Waals surface area contributed by atoms with Crippen molar-refractivity contribution in [2.75, 3.05) is 19.7 Å². The number of aldehydes is 1. The molecular formula is C9H17NO2. The molecule has 1 aliphatic rings. The van der Waals surface area contributed by atoms with Gasteiger partial charge in [0.15, 0.2) is 0 Å². The Bertz CT molecular complexity index is 132. The maximum Gasteiger partial charge on any atom is 0.149 e. The minimum atomic E-state index is -0.192. The number of ether oxygens (including phenoxy) is 1. The van der Waals surface area contributed by atoms with Crippen LogP contribution in [0.15, 0.2) is 0 Å². The summed E-state index contributed by atoms with van der Waals surface area (Å²) in [5, 5.41) is 3.27. The third-order valence-corrected chi connectivity index (χ3v) is 2.29. The molecule has 0 aromatic heterocycles. The Balaban J connectivity index is 2.34. The zero-order valence-corrected chi connectivity index (χ0v) is 7.58. The number of rotatable bonds is 4. The van der Waals surface area contributed by atoms with Gasteiger partial charge >= 0.3 is 0 Å². The second-order valence-corrected chi connectivity index (χ2v) is 3.16. The van der Waals surface area contributed by atoms with Gasteiger partial charge in [-0.05, 0) is 26.3 Å². The number of piperidine rings is 1. The van der Waals surface area contributed by atoms with E-state index in [1.807, 2.05) is 6.92 Å². The van der Waals surface area contributed by atoms with Crippen molar-refractivity contribution in [1.29, 1.82) is 0 Å². The maximum absolute atomic E-state index is 10.6. The van der Waals surface area contributed by atoms with Crippen LogP contribution in [0.3, 0.4) is 0 Å². The molecule has 2 atom stereocenters. The van der Waals surface area contributed by atoms with E-state index in [1.54, 1.807) is 0 Å². The van der Waals surface area contributed by atoms with Crippen LogP contribution in [-0.2, 0) is 9.53 Å². The Morgan fingerprint density at radius 1 is 1.75 bits per heavy atom. The maximum atomic E-state index is 10.6. The highest BCUT2D eigenvalue weighted by Gasteiger charge is 2.22. The molecule has 0 saturated carbocycles. The molecule has 1 N–H and O–H groups in total. The lowest BCUT2D eigenvalue weighted by Crippen LogP contribution is -2.38. The van der Waals surface area contributed by atoms with Gasteiger partial charge in [-0.25, -0.2) is 0 Å². The molecule has 0 aromatic rings. The molecule has 1 rings (SSSR count). The summed E-state index contributed by atoms with van der Waals surface area (Å²) < 4.78 is 5.32. The standard InChI is InChI=1S/C9H17NO2/c1-2-12-9(7-11)8-4-3-5-10-6-8/h7-10H,2-6H2,1H3. The molecule has 0 spiro atoms. The van der Waals surface area contributed by atoms with Crippen LogP contribution in [0.5, 0.6) is 0 Å². The molecule has 1 fully saturated rings. The predicted molar refractivity (Wildman–Crippen MR) is 47.1 cm³/mol. The molecule has 1 heterocycles. The van der Waals surface area contributed by atoms with Crippen LogP contribution in [0.4, 0.5) is 0 Å². The summed E-state index contributed by atoms with van der Waals surface area (Å²) in [6.45, 7) is 4.55. The first-order valence-electron chi connectivity index (χ1n) is 4.66. The molecule has 0 radical (unpaired) electrons. The zero-order chi connectivity index (χ0) is 8.81. The van der Waals surface area contributed by atoms with Gasteiger partial charge in [0, 0.05) is 19.1 Å². The Kier molecular flexibility index (Phi) is 4.25. The van der Waals surface area contributed by atoms with E-state index in [2.05, 4.69) is 5.32 Å². The number of carbonyl (C=O) groups excluding carboxylic acids is 1. The van der Waals surface area contributed by atoms with Crippen molar-refractivity contribution in [2.45, 2.75) is 25.9 Å². The number of nitrogens with one attached hydrogen (secondary N) is 1. The summed E-state index contributed by atoms with van der Waals surface area (Å²) in [5.74, 6) is 0.385. The average molecular weight is 171 g/mol. The van der Waals surface area contributed by atoms with Gasteiger partial charge in [0.2, 0.25) is 0 Å². The predicted octanol–water partition coefficient (Wildman–Crippen LogP) is 0.590. The van der Waals surface area contributed by atoms with Crippen molar-refractivity contribution in [3.8, 4) is 0 Å². The summed E-state index contributed by atoms with van der Waals surface area (Å²) >= 11 is 0. The van der Waals surface area contributed by atoms with Crippen LogP contribution < -0.4 is 5.32 Å². The van der Waals surface area contributed by atoms with E-state index < -0.39 is 0 Å². The van der Waals surface area contributed by atoms with Gasteiger partial charge in [0.25, 0.3) is 0 Å². The van der Waals surface area contributed by atoms with Crippen molar-refractivity contribution in [1.82, 2.24) is 5.32 Å². The number of carbonyl (C=O) groups is 1. The lowest BCUT2D eigenvalue weighted by molar-refractivity contribution is -0.121. The zero-order valence-electron chi connectivity index (χ0n) is 7.58. The quantitative estimate of drug-likeness (QED) is 0.629. The minimum absolute atomic E-state index is 0.192. The van der Waals surface area contributed by atoms with Gasteiger partial charge in [0.05, 0.1) is 0 Å². The third-order valence-electron chi connectivity index (χ3n) is 2.29. The average Bonchev–Trinajstić information content (AvgIpc) is 2.15. The van der Waals surface area contributed by atoms with E-state index in [0.717, 1.165) is 32.2 Å². The van der Waals surface area contributed by atoms with E-state index in [-0.39, 0.29) is 6.10 Å². The van der Waals surface area contributed by atoms with Crippen molar-refractivity contribution < 1.29 is 9.53 Å². The van der Waals surface area contributed by atoms with Crippen molar-refractivity contribution in [3.63, 3.8) is 0 Å². The monoisotopic (exact) mass is 171 g/mol. The highest BCUT2D eigenvalue weighted by atomic mass is 16.5. The van der Waals surface area contributed by atoms with E-state index in [9.17, 15) is 4.79 Å². The van der Waals surface area contributed by atoms with Crippen LogP contribution in [0.25, 0.3) is 0 Å². The summed E-state index contributed by atoms with van der Waals surface area (Å²) in [6.07, 6.45) is 3.00. The van der Waals surface area contributed by atoms with Gasteiger partial charge in [0.1, 0.15) is 12.4 Å². The first-order chi connectivity index (χ1) is 5.88. The highest BCUT2D eigenvalue weighted by Crippen LogP contribution is 2.15. The smallest absolute Gasteiger partial charge is 0.149 e. The fourth-order valence-electron chi connectivity index (χ4n) is 1.64. The van der Waals surface area contributed by atoms with Crippen LogP contribution in [0.2, 0.25) is 0 Å². The summed E-state index contributed by atoms with van der Waals surface area (Å²) in [7, 11) is 0. The van der Waals surface area contributed by atoms with Crippen molar-refractivity contribution in [2.24, 2.45) is 5.92 Å². The number of hydrogen-bond acceptors (Lipinski definition) is 3. The van der Waals surface area contributed by atoms with Crippen molar-refractivity contribution >= 4 is 6.29 Å². The Labute approximate surface area is 73.5 Å². The molecule has 3 nitrogen and oxygen atoms in total. The van der Waals surface area contributed by atoms with Crippen LogP contribution in [-0.4, -0.2) is 32.1 Å². The third kappa shape index (κ3) is 2.57. The molecule has 0 aromatic carbocycles. The van der Waals surface area contributed by atoms with Crippen LogP contribution in [0.1, 0.15) is 19.8 Å². The van der Waals surface area contributed by atoms with Crippen LogP contribution >= 0.6 is 0 Å². The lowest BCUT2D eigenvalue weighted by atomic mass is 9.94. The fourth-order valence-corrected chi connectivity index (χ4v) is 1.64. The second-order valence-electron chi connectivity index (χ2n) is 3.16. The fraction of sp³-hybridized carbons (Fsp3) is 0.889. The molecular weight excluding hydrogens is 154 g/mol. The van der Waals surface area contributed by atoms with Gasteiger partial charge < -0.3 is 14.8 Å². The van der Waals surface area contributed by atoms with Gasteiger partial charge in [-0.1, -0.05) is 0 Å². The normalized spacial score (nSPS) is 26.6. The van der Waals surface area contributed by atoms with E-state index in [1.165, 1.54) is 0 Å². The topological polar surface area (TPSA) is 38.3 Å². The van der Waals surface area contributed by atoms with Crippen molar-refractivity contribution in [3.05, 3.63) is 0 Å².